The monoisotopic (exact) mass is 719 g/mol. The second-order valence-corrected chi connectivity index (χ2v) is 17.5. The molecule has 2 aromatic carbocycles. The summed E-state index contributed by atoms with van der Waals surface area (Å²) in [4.78, 5) is 49.1. The van der Waals surface area contributed by atoms with Crippen molar-refractivity contribution in [2.24, 2.45) is 17.3 Å². The van der Waals surface area contributed by atoms with Gasteiger partial charge in [-0.15, -0.1) is 0 Å². The van der Waals surface area contributed by atoms with Crippen LogP contribution in [0.1, 0.15) is 75.3 Å². The van der Waals surface area contributed by atoms with Crippen LogP contribution in [0.4, 0.5) is 0 Å². The highest BCUT2D eigenvalue weighted by atomic mass is 32.2. The first-order valence-electron chi connectivity index (χ1n) is 17.8. The quantitative estimate of drug-likeness (QED) is 0.284. The lowest BCUT2D eigenvalue weighted by molar-refractivity contribution is -0.142. The number of allylic oxidation sites excluding steroid dienone is 2. The number of thiazole rings is 1. The largest absolute Gasteiger partial charge is 0.497 e. The average Bonchev–Trinajstić information content (AvgIpc) is 3.98. The molecular formula is C38H45N3O7S2. The third-order valence-electron chi connectivity index (χ3n) is 10.7. The molecule has 12 heteroatoms. The lowest BCUT2D eigenvalue weighted by Gasteiger charge is -2.29. The molecule has 0 spiro atoms. The number of rotatable bonds is 8. The van der Waals surface area contributed by atoms with E-state index in [1.54, 1.807) is 12.0 Å². The highest BCUT2D eigenvalue weighted by molar-refractivity contribution is 7.90. The molecule has 2 saturated carbocycles. The Morgan fingerprint density at radius 2 is 1.94 bits per heavy atom. The molecule has 5 atom stereocenters. The van der Waals surface area contributed by atoms with Crippen molar-refractivity contribution in [3.05, 3.63) is 65.7 Å². The van der Waals surface area contributed by atoms with Crippen molar-refractivity contribution in [2.75, 3.05) is 13.7 Å². The summed E-state index contributed by atoms with van der Waals surface area (Å²) >= 11 is 1.38. The Hall–Kier alpha value is -3.77. The zero-order valence-corrected chi connectivity index (χ0v) is 30.3. The van der Waals surface area contributed by atoms with Gasteiger partial charge in [0.05, 0.1) is 40.6 Å². The Morgan fingerprint density at radius 3 is 2.72 bits per heavy atom. The first kappa shape index (κ1) is 34.7. The summed E-state index contributed by atoms with van der Waals surface area (Å²) in [7, 11) is -2.18. The second kappa shape index (κ2) is 14.1. The van der Waals surface area contributed by atoms with Gasteiger partial charge in [0, 0.05) is 18.8 Å². The van der Waals surface area contributed by atoms with E-state index in [1.165, 1.54) is 11.3 Å². The topological polar surface area (TPSA) is 132 Å². The predicted octanol–water partition coefficient (Wildman–Crippen LogP) is 5.91. The number of sulfonamides is 1. The van der Waals surface area contributed by atoms with Gasteiger partial charge in [-0.2, -0.15) is 0 Å². The molecule has 3 fully saturated rings. The van der Waals surface area contributed by atoms with E-state index < -0.39 is 38.7 Å². The van der Waals surface area contributed by atoms with Crippen molar-refractivity contribution in [1.29, 1.82) is 0 Å². The molecule has 7 rings (SSSR count). The number of fused-ring (bicyclic) bond motifs is 3. The molecule has 1 aromatic heterocycles. The number of aryl methyl sites for hydroxylation is 1. The van der Waals surface area contributed by atoms with Gasteiger partial charge in [-0.25, -0.2) is 13.4 Å². The van der Waals surface area contributed by atoms with Crippen LogP contribution in [0.15, 0.2) is 54.6 Å². The van der Waals surface area contributed by atoms with Gasteiger partial charge in [-0.3, -0.25) is 19.1 Å². The molecule has 50 heavy (non-hydrogen) atoms. The number of hydrogen-bond acceptors (Lipinski definition) is 9. The Morgan fingerprint density at radius 1 is 1.10 bits per heavy atom. The zero-order valence-electron chi connectivity index (χ0n) is 28.6. The molecule has 0 radical (unpaired) electrons. The molecule has 2 aliphatic carbocycles. The van der Waals surface area contributed by atoms with Crippen molar-refractivity contribution >= 4 is 49.2 Å². The van der Waals surface area contributed by atoms with E-state index in [-0.39, 0.29) is 42.9 Å². The summed E-state index contributed by atoms with van der Waals surface area (Å²) in [5, 5.41) is -0.103. The van der Waals surface area contributed by atoms with Crippen molar-refractivity contribution < 1.29 is 32.3 Å². The van der Waals surface area contributed by atoms with Crippen LogP contribution in [0.3, 0.4) is 0 Å². The highest BCUT2D eigenvalue weighted by Gasteiger charge is 2.61. The van der Waals surface area contributed by atoms with E-state index in [4.69, 9.17) is 9.47 Å². The molecule has 266 valence electrons. The lowest BCUT2D eigenvalue weighted by atomic mass is 9.89. The predicted molar refractivity (Wildman–Crippen MR) is 192 cm³/mol. The van der Waals surface area contributed by atoms with Gasteiger partial charge < -0.3 is 14.4 Å². The maximum absolute atomic E-state index is 14.6. The number of amides is 2. The zero-order chi connectivity index (χ0) is 35.0. The second-order valence-electron chi connectivity index (χ2n) is 14.5. The molecule has 3 aromatic rings. The summed E-state index contributed by atoms with van der Waals surface area (Å²) in [6.45, 7) is 2.26. The van der Waals surface area contributed by atoms with Gasteiger partial charge >= 0.3 is 0 Å². The van der Waals surface area contributed by atoms with E-state index in [9.17, 15) is 22.8 Å². The van der Waals surface area contributed by atoms with Crippen LogP contribution in [-0.2, 0) is 30.8 Å². The molecule has 4 aliphatic rings. The smallest absolute Gasteiger partial charge is 0.274 e. The molecule has 2 aliphatic heterocycles. The fourth-order valence-corrected chi connectivity index (χ4v) is 9.94. The third-order valence-corrected chi connectivity index (χ3v) is 13.5. The first-order valence-corrected chi connectivity index (χ1v) is 20.1. The number of nitrogens with one attached hydrogen (secondary N) is 1. The van der Waals surface area contributed by atoms with Crippen LogP contribution in [0.25, 0.3) is 10.2 Å². The number of aromatic nitrogens is 1. The number of Topliss-reactive ketones (excluding diaryl/α,β-unsaturated/α-hetero) is 1. The van der Waals surface area contributed by atoms with Crippen LogP contribution in [0.2, 0.25) is 0 Å². The number of benzene rings is 2. The molecular weight excluding hydrogens is 675 g/mol. The van der Waals surface area contributed by atoms with E-state index in [2.05, 4.69) is 21.8 Å². The van der Waals surface area contributed by atoms with Gasteiger partial charge in [0.25, 0.3) is 5.19 Å². The Labute approximate surface area is 297 Å². The van der Waals surface area contributed by atoms with Gasteiger partial charge in [-0.05, 0) is 81.5 Å². The number of carbonyl (C=O) groups excluding carboxylic acids is 3. The Kier molecular flexibility index (Phi) is 9.77. The van der Waals surface area contributed by atoms with Crippen LogP contribution < -0.4 is 14.2 Å². The van der Waals surface area contributed by atoms with E-state index >= 15 is 0 Å². The Bertz CT molecular complexity index is 1920. The number of ketones is 1. The van der Waals surface area contributed by atoms with E-state index in [0.29, 0.717) is 43.0 Å². The molecule has 0 unspecified atom stereocenters. The summed E-state index contributed by atoms with van der Waals surface area (Å²) in [5.41, 5.74) is 1.82. The van der Waals surface area contributed by atoms with Gasteiger partial charge in [0.1, 0.15) is 11.9 Å². The van der Waals surface area contributed by atoms with Crippen molar-refractivity contribution in [1.82, 2.24) is 14.6 Å². The number of ether oxygens (including phenoxy) is 2. The van der Waals surface area contributed by atoms with Crippen molar-refractivity contribution in [2.45, 2.75) is 94.9 Å². The highest BCUT2D eigenvalue weighted by Crippen LogP contribution is 2.57. The number of hydrogen-bond donors (Lipinski definition) is 1. The van der Waals surface area contributed by atoms with Gasteiger partial charge in [0.15, 0.2) is 5.78 Å². The number of nitrogens with zero attached hydrogens (tertiary/aromatic N) is 2. The summed E-state index contributed by atoms with van der Waals surface area (Å²) < 4.78 is 40.6. The fourth-order valence-electron chi connectivity index (χ4n) is 7.65. The average molecular weight is 720 g/mol. The standard InChI is InChI=1S/C38H45N3O7S2/c1-24-9-8-10-25(17-24)18-26-11-6-4-3-5-7-12-27-21-38(27,36(44)40-50(45,46)30-14-15-30)22-33(42)32-19-29(23-41(32)35(26)43)48-37-39-31-16-13-28(47-2)20-34(31)49-37/h7-10,12-13,16-17,20,26-27,29-30,32H,3-6,11,14-15,18-19,21-23H2,1-2H3,(H,40,44)/b12-7-/t26-,27-,29-,32+,38-/m1/s1. The number of methoxy groups -OCH3 is 1. The van der Waals surface area contributed by atoms with E-state index in [1.807, 2.05) is 49.4 Å². The van der Waals surface area contributed by atoms with E-state index in [0.717, 1.165) is 47.0 Å². The summed E-state index contributed by atoms with van der Waals surface area (Å²) in [6.07, 6.45) is 10.0. The van der Waals surface area contributed by atoms with Crippen LogP contribution in [0, 0.1) is 24.2 Å². The fraction of sp³-hybridized carbons (Fsp3) is 0.526. The van der Waals surface area contributed by atoms with Gasteiger partial charge in [-0.1, -0.05) is 66.2 Å². The summed E-state index contributed by atoms with van der Waals surface area (Å²) in [6, 6.07) is 13.0. The SMILES string of the molecule is COc1ccc2nc(O[C@@H]3C[C@H]4C(=O)C[C@]5(C(=O)NS(=O)(=O)C6CC6)C[C@H]5/C=C\CCCCC[C@H](Cc5cccc(C)c5)C(=O)N4C3)sc2c1. The van der Waals surface area contributed by atoms with Crippen LogP contribution in [0.5, 0.6) is 10.9 Å². The van der Waals surface area contributed by atoms with Crippen LogP contribution in [-0.4, -0.2) is 66.9 Å². The van der Waals surface area contributed by atoms with Gasteiger partial charge in [0.2, 0.25) is 21.8 Å². The molecule has 0 bridgehead atoms. The molecule has 10 nitrogen and oxygen atoms in total. The molecule has 1 saturated heterocycles. The molecule has 1 N–H and O–H groups in total. The maximum atomic E-state index is 14.6. The lowest BCUT2D eigenvalue weighted by Crippen LogP contribution is -2.46. The summed E-state index contributed by atoms with van der Waals surface area (Å²) in [5.74, 6) is -0.778. The Balaban J connectivity index is 1.18. The minimum absolute atomic E-state index is 0.0832. The molecule has 2 amide bonds. The minimum atomic E-state index is -3.79. The van der Waals surface area contributed by atoms with Crippen molar-refractivity contribution in [3.63, 3.8) is 0 Å². The maximum Gasteiger partial charge on any atom is 0.274 e. The first-order chi connectivity index (χ1) is 24.0. The minimum Gasteiger partial charge on any atom is -0.497 e. The normalized spacial score (nSPS) is 28.2. The van der Waals surface area contributed by atoms with Crippen LogP contribution >= 0.6 is 11.3 Å². The number of carbonyl (C=O) groups is 3. The molecule has 3 heterocycles. The third kappa shape index (κ3) is 7.46. The van der Waals surface area contributed by atoms with Crippen molar-refractivity contribution in [3.8, 4) is 10.9 Å².